The number of carbonyl (C=O) groups excluding carboxylic acids is 2. The van der Waals surface area contributed by atoms with E-state index in [2.05, 4.69) is 10.5 Å². The second-order valence-electron chi connectivity index (χ2n) is 5.14. The number of hydrogen-bond donors (Lipinski definition) is 1. The van der Waals surface area contributed by atoms with Gasteiger partial charge in [0.25, 0.3) is 5.91 Å². The number of nitrogens with one attached hydrogen (secondary N) is 1. The molecule has 1 heterocycles. The van der Waals surface area contributed by atoms with Gasteiger partial charge in [-0.05, 0) is 38.5 Å². The summed E-state index contributed by atoms with van der Waals surface area (Å²) >= 11 is 11.8. The Morgan fingerprint density at radius 3 is 2.71 bits per heavy atom. The average molecular weight is 371 g/mol. The molecular formula is C16H16Cl2N2O4. The zero-order chi connectivity index (χ0) is 17.7. The number of halogens is 2. The van der Waals surface area contributed by atoms with Gasteiger partial charge in [0.2, 0.25) is 0 Å². The molecule has 2 aromatic rings. The van der Waals surface area contributed by atoms with E-state index in [0.717, 1.165) is 11.3 Å². The summed E-state index contributed by atoms with van der Waals surface area (Å²) in [6.07, 6.45) is 0.579. The molecule has 1 amide bonds. The molecule has 1 N–H and O–H groups in total. The third-order valence-corrected chi connectivity index (χ3v) is 3.89. The largest absolute Gasteiger partial charge is 0.456 e. The molecule has 0 saturated carbocycles. The van der Waals surface area contributed by atoms with Gasteiger partial charge in [-0.1, -0.05) is 28.4 Å². The van der Waals surface area contributed by atoms with E-state index in [1.165, 1.54) is 6.07 Å². The molecule has 0 spiro atoms. The number of ether oxygens (including phenoxy) is 1. The van der Waals surface area contributed by atoms with Gasteiger partial charge in [0.15, 0.2) is 6.61 Å². The number of anilines is 1. The lowest BCUT2D eigenvalue weighted by molar-refractivity contribution is -0.147. The van der Waals surface area contributed by atoms with Crippen molar-refractivity contribution in [1.29, 1.82) is 0 Å². The fourth-order valence-electron chi connectivity index (χ4n) is 2.08. The highest BCUT2D eigenvalue weighted by Gasteiger charge is 2.13. The van der Waals surface area contributed by atoms with Gasteiger partial charge in [-0.3, -0.25) is 9.59 Å². The number of nitrogens with zero attached hydrogens (tertiary/aromatic N) is 1. The highest BCUT2D eigenvalue weighted by Crippen LogP contribution is 2.25. The third-order valence-electron chi connectivity index (χ3n) is 3.33. The van der Waals surface area contributed by atoms with Crippen molar-refractivity contribution >= 4 is 40.8 Å². The number of rotatable bonds is 6. The highest BCUT2D eigenvalue weighted by atomic mass is 35.5. The first-order valence-electron chi connectivity index (χ1n) is 7.19. The van der Waals surface area contributed by atoms with Gasteiger partial charge >= 0.3 is 5.97 Å². The van der Waals surface area contributed by atoms with Crippen molar-refractivity contribution < 1.29 is 18.8 Å². The minimum absolute atomic E-state index is 0.133. The second-order valence-corrected chi connectivity index (χ2v) is 5.98. The first-order chi connectivity index (χ1) is 11.4. The number of hydrogen-bond acceptors (Lipinski definition) is 5. The van der Waals surface area contributed by atoms with Gasteiger partial charge in [0.05, 0.1) is 16.4 Å². The van der Waals surface area contributed by atoms with Crippen LogP contribution in [0.25, 0.3) is 0 Å². The molecule has 0 fully saturated rings. The molecule has 0 aliphatic carbocycles. The van der Waals surface area contributed by atoms with E-state index >= 15 is 0 Å². The standard InChI is InChI=1S/C16H16Cl2N2O4/c1-9-12(10(2)24-20-9)4-6-16(22)23-8-15(21)19-14-7-11(17)3-5-13(14)18/h3,5,7H,4,6,8H2,1-2H3,(H,19,21). The summed E-state index contributed by atoms with van der Waals surface area (Å²) in [6, 6.07) is 4.68. The Bertz CT molecular complexity index is 739. The summed E-state index contributed by atoms with van der Waals surface area (Å²) in [6.45, 7) is 3.19. The molecule has 0 unspecified atom stereocenters. The fraction of sp³-hybridized carbons (Fsp3) is 0.312. The van der Waals surface area contributed by atoms with E-state index < -0.39 is 18.5 Å². The van der Waals surface area contributed by atoms with Crippen LogP contribution in [-0.2, 0) is 20.7 Å². The Kier molecular flexibility index (Phi) is 6.23. The Morgan fingerprint density at radius 1 is 1.29 bits per heavy atom. The second kappa shape index (κ2) is 8.17. The maximum Gasteiger partial charge on any atom is 0.306 e. The Hall–Kier alpha value is -2.05. The highest BCUT2D eigenvalue weighted by molar-refractivity contribution is 6.35. The first kappa shape index (κ1) is 18.3. The molecule has 128 valence electrons. The Labute approximate surface area is 149 Å². The van der Waals surface area contributed by atoms with Gasteiger partial charge in [0, 0.05) is 17.0 Å². The monoisotopic (exact) mass is 370 g/mol. The lowest BCUT2D eigenvalue weighted by Crippen LogP contribution is -2.21. The molecule has 8 heteroatoms. The quantitative estimate of drug-likeness (QED) is 0.783. The Morgan fingerprint density at radius 2 is 2.04 bits per heavy atom. The average Bonchev–Trinajstić information content (AvgIpc) is 2.85. The number of benzene rings is 1. The molecule has 24 heavy (non-hydrogen) atoms. The molecule has 0 bridgehead atoms. The molecule has 6 nitrogen and oxygen atoms in total. The maximum absolute atomic E-state index is 11.8. The predicted molar refractivity (Wildman–Crippen MR) is 90.3 cm³/mol. The van der Waals surface area contributed by atoms with Crippen LogP contribution in [0.15, 0.2) is 22.7 Å². The van der Waals surface area contributed by atoms with E-state index in [1.54, 1.807) is 26.0 Å². The van der Waals surface area contributed by atoms with Crippen LogP contribution < -0.4 is 5.32 Å². The summed E-state index contributed by atoms with van der Waals surface area (Å²) in [5.74, 6) is -0.305. The number of aryl methyl sites for hydroxylation is 2. The van der Waals surface area contributed by atoms with Crippen LogP contribution in [0, 0.1) is 13.8 Å². The third kappa shape index (κ3) is 4.97. The van der Waals surface area contributed by atoms with Crippen LogP contribution >= 0.6 is 23.2 Å². The van der Waals surface area contributed by atoms with Crippen molar-refractivity contribution in [3.05, 3.63) is 45.3 Å². The van der Waals surface area contributed by atoms with Gasteiger partial charge in [0.1, 0.15) is 5.76 Å². The summed E-state index contributed by atoms with van der Waals surface area (Å²) in [7, 11) is 0. The van der Waals surface area contributed by atoms with Crippen LogP contribution in [-0.4, -0.2) is 23.6 Å². The lowest BCUT2D eigenvalue weighted by atomic mass is 10.1. The molecule has 0 aliphatic heterocycles. The molecular weight excluding hydrogens is 355 g/mol. The molecule has 1 aromatic heterocycles. The van der Waals surface area contributed by atoms with Crippen molar-refractivity contribution in [2.45, 2.75) is 26.7 Å². The molecule has 0 atom stereocenters. The number of amides is 1. The Balaban J connectivity index is 1.79. The van der Waals surface area contributed by atoms with Gasteiger partial charge in [-0.2, -0.15) is 0 Å². The summed E-state index contributed by atoms with van der Waals surface area (Å²) in [5.41, 5.74) is 1.98. The summed E-state index contributed by atoms with van der Waals surface area (Å²) in [5, 5.41) is 7.13. The normalized spacial score (nSPS) is 10.5. The van der Waals surface area contributed by atoms with E-state index in [9.17, 15) is 9.59 Å². The van der Waals surface area contributed by atoms with Crippen molar-refractivity contribution in [2.24, 2.45) is 0 Å². The smallest absolute Gasteiger partial charge is 0.306 e. The van der Waals surface area contributed by atoms with Crippen LogP contribution in [0.1, 0.15) is 23.4 Å². The van der Waals surface area contributed by atoms with E-state index in [0.29, 0.717) is 27.9 Å². The first-order valence-corrected chi connectivity index (χ1v) is 7.94. The van der Waals surface area contributed by atoms with Gasteiger partial charge in [-0.15, -0.1) is 0 Å². The summed E-state index contributed by atoms with van der Waals surface area (Å²) in [4.78, 5) is 23.5. The molecule has 1 aromatic carbocycles. The maximum atomic E-state index is 11.8. The SMILES string of the molecule is Cc1noc(C)c1CCC(=O)OCC(=O)Nc1cc(Cl)ccc1Cl. The van der Waals surface area contributed by atoms with Gasteiger partial charge < -0.3 is 14.6 Å². The lowest BCUT2D eigenvalue weighted by Gasteiger charge is -2.08. The van der Waals surface area contributed by atoms with Crippen LogP contribution in [0.5, 0.6) is 0 Å². The fourth-order valence-corrected chi connectivity index (χ4v) is 2.42. The molecule has 0 saturated heterocycles. The predicted octanol–water partition coefficient (Wildman–Crippen LogP) is 3.71. The van der Waals surface area contributed by atoms with Crippen molar-refractivity contribution in [2.75, 3.05) is 11.9 Å². The van der Waals surface area contributed by atoms with Crippen molar-refractivity contribution in [1.82, 2.24) is 5.16 Å². The van der Waals surface area contributed by atoms with E-state index in [1.807, 2.05) is 0 Å². The zero-order valence-electron chi connectivity index (χ0n) is 13.2. The number of esters is 1. The molecule has 2 rings (SSSR count). The minimum atomic E-state index is -0.496. The van der Waals surface area contributed by atoms with Crippen molar-refractivity contribution in [3.63, 3.8) is 0 Å². The van der Waals surface area contributed by atoms with Gasteiger partial charge in [-0.25, -0.2) is 0 Å². The van der Waals surface area contributed by atoms with E-state index in [-0.39, 0.29) is 6.42 Å². The number of aromatic nitrogens is 1. The van der Waals surface area contributed by atoms with E-state index in [4.69, 9.17) is 32.5 Å². The molecule has 0 radical (unpaired) electrons. The number of carbonyl (C=O) groups is 2. The van der Waals surface area contributed by atoms with Crippen LogP contribution in [0.2, 0.25) is 10.0 Å². The molecule has 0 aliphatic rings. The minimum Gasteiger partial charge on any atom is -0.456 e. The van der Waals surface area contributed by atoms with Crippen LogP contribution in [0.3, 0.4) is 0 Å². The summed E-state index contributed by atoms with van der Waals surface area (Å²) < 4.78 is 9.97. The zero-order valence-corrected chi connectivity index (χ0v) is 14.7. The topological polar surface area (TPSA) is 81.4 Å². The van der Waals surface area contributed by atoms with Crippen molar-refractivity contribution in [3.8, 4) is 0 Å². The van der Waals surface area contributed by atoms with Crippen LogP contribution in [0.4, 0.5) is 5.69 Å².